The molecule has 0 saturated heterocycles. The van der Waals surface area contributed by atoms with Crippen molar-refractivity contribution in [1.29, 1.82) is 5.26 Å². The van der Waals surface area contributed by atoms with Crippen LogP contribution in [0.1, 0.15) is 37.4 Å². The van der Waals surface area contributed by atoms with Gasteiger partial charge in [0.15, 0.2) is 0 Å². The van der Waals surface area contributed by atoms with Crippen LogP contribution in [0.4, 0.5) is 11.4 Å². The fraction of sp³-hybridized carbons (Fsp3) is 0.269. The first-order valence-electron chi connectivity index (χ1n) is 12.1. The van der Waals surface area contributed by atoms with Gasteiger partial charge in [-0.2, -0.15) is 18.4 Å². The molecule has 4 N–H and O–H groups in total. The number of nitrogens with two attached hydrogens (primary N) is 1. The van der Waals surface area contributed by atoms with E-state index in [1.807, 2.05) is 30.3 Å². The Morgan fingerprint density at radius 3 is 2.54 bits per heavy atom. The number of nitrogen functional groups attached to an aromatic ring is 1. The van der Waals surface area contributed by atoms with Gasteiger partial charge in [-0.3, -0.25) is 4.72 Å². The first kappa shape index (κ1) is 23.3. The molecule has 4 aromatic rings. The Kier molecular flexibility index (Phi) is 5.70. The maximum atomic E-state index is 12.3. The van der Waals surface area contributed by atoms with Crippen molar-refractivity contribution < 1.29 is 13.2 Å². The van der Waals surface area contributed by atoms with Crippen molar-refractivity contribution in [3.63, 3.8) is 0 Å². The Morgan fingerprint density at radius 1 is 1.08 bits per heavy atom. The van der Waals surface area contributed by atoms with Crippen molar-refractivity contribution in [2.75, 3.05) is 17.0 Å². The molecule has 0 radical (unpaired) electrons. The Morgan fingerprint density at radius 2 is 1.84 bits per heavy atom. The summed E-state index contributed by atoms with van der Waals surface area (Å²) < 4.78 is 38.0. The fourth-order valence-electron chi connectivity index (χ4n) is 4.41. The summed E-state index contributed by atoms with van der Waals surface area (Å²) in [4.78, 5) is 8.13. The number of nitrogens with one attached hydrogen (secondary N) is 2. The van der Waals surface area contributed by atoms with E-state index in [4.69, 9.17) is 10.5 Å². The van der Waals surface area contributed by atoms with Crippen LogP contribution in [0.15, 0.2) is 54.9 Å². The van der Waals surface area contributed by atoms with E-state index in [9.17, 15) is 13.7 Å². The fourth-order valence-corrected chi connectivity index (χ4v) is 5.39. The monoisotopic (exact) mass is 515 g/mol. The summed E-state index contributed by atoms with van der Waals surface area (Å²) in [6, 6.07) is 15.1. The van der Waals surface area contributed by atoms with E-state index in [-0.39, 0.29) is 11.6 Å². The summed E-state index contributed by atoms with van der Waals surface area (Å²) in [5.41, 5.74) is 10.6. The van der Waals surface area contributed by atoms with Gasteiger partial charge in [0.1, 0.15) is 11.8 Å². The summed E-state index contributed by atoms with van der Waals surface area (Å²) in [7, 11) is -3.62. The smallest absolute Gasteiger partial charge is 0.299 e. The predicted octanol–water partition coefficient (Wildman–Crippen LogP) is 4.34. The van der Waals surface area contributed by atoms with E-state index in [1.54, 1.807) is 18.2 Å². The minimum atomic E-state index is -3.62. The van der Waals surface area contributed by atoms with E-state index in [0.29, 0.717) is 35.6 Å². The number of fused-ring (bicyclic) bond motifs is 1. The maximum Gasteiger partial charge on any atom is 0.299 e. The number of nitriles is 1. The van der Waals surface area contributed by atoms with Crippen LogP contribution in [0.25, 0.3) is 22.2 Å². The minimum absolute atomic E-state index is 0.110. The predicted molar refractivity (Wildman–Crippen MR) is 140 cm³/mol. The van der Waals surface area contributed by atoms with Gasteiger partial charge in [-0.25, -0.2) is 9.97 Å². The molecule has 2 fully saturated rings. The van der Waals surface area contributed by atoms with Crippen LogP contribution < -0.4 is 19.9 Å². The lowest BCUT2D eigenvalue weighted by molar-refractivity contribution is 0.458. The third kappa shape index (κ3) is 4.81. The van der Waals surface area contributed by atoms with Crippen molar-refractivity contribution in [1.82, 2.24) is 19.3 Å². The van der Waals surface area contributed by atoms with E-state index in [2.05, 4.69) is 24.0 Å². The number of rotatable bonds is 9. The molecule has 0 aliphatic heterocycles. The van der Waals surface area contributed by atoms with Gasteiger partial charge in [0.2, 0.25) is 5.69 Å². The first-order chi connectivity index (χ1) is 17.9. The molecular weight excluding hydrogens is 490 g/mol. The lowest BCUT2D eigenvalue weighted by Crippen LogP contribution is -2.31. The highest BCUT2D eigenvalue weighted by atomic mass is 32.2. The Balaban J connectivity index is 1.32. The van der Waals surface area contributed by atoms with Crippen molar-refractivity contribution in [3.05, 3.63) is 60.6 Å². The number of benzene rings is 2. The van der Waals surface area contributed by atoms with Gasteiger partial charge in [0, 0.05) is 47.7 Å². The average molecular weight is 516 g/mol. The average Bonchev–Trinajstić information content (AvgIpc) is 3.82. The Bertz CT molecular complexity index is 1630. The molecule has 0 spiro atoms. The number of anilines is 2. The van der Waals surface area contributed by atoms with E-state index in [1.165, 1.54) is 12.4 Å². The molecule has 6 rings (SSSR count). The molecule has 2 heterocycles. The largest absolute Gasteiger partial charge is 0.436 e. The van der Waals surface area contributed by atoms with Crippen LogP contribution in [0.3, 0.4) is 0 Å². The van der Waals surface area contributed by atoms with E-state index < -0.39 is 10.2 Å². The second-order valence-electron chi connectivity index (χ2n) is 9.44. The van der Waals surface area contributed by atoms with Gasteiger partial charge in [-0.15, -0.1) is 0 Å². The van der Waals surface area contributed by atoms with Gasteiger partial charge in [-0.05, 0) is 55.9 Å². The van der Waals surface area contributed by atoms with Crippen molar-refractivity contribution in [2.24, 2.45) is 5.92 Å². The lowest BCUT2D eigenvalue weighted by atomic mass is 10.1. The minimum Gasteiger partial charge on any atom is -0.436 e. The molecule has 11 heteroatoms. The molecule has 0 bridgehead atoms. The SMILES string of the molecule is N#Cc1nccnc1Oc1ccc2c(N)c(-c3ccc(NS(=O)(=O)NCC4CC4)cc3)n(C3CC3)c2c1. The van der Waals surface area contributed by atoms with Crippen LogP contribution in [-0.4, -0.2) is 29.5 Å². The number of ether oxygens (including phenoxy) is 1. The zero-order chi connectivity index (χ0) is 25.6. The molecule has 0 atom stereocenters. The highest BCUT2D eigenvalue weighted by Gasteiger charge is 2.30. The molecular formula is C26H25N7O3S. The number of hydrogen-bond acceptors (Lipinski definition) is 7. The third-order valence-corrected chi connectivity index (χ3v) is 7.63. The van der Waals surface area contributed by atoms with Crippen molar-refractivity contribution in [2.45, 2.75) is 31.7 Å². The van der Waals surface area contributed by atoms with E-state index in [0.717, 1.165) is 47.8 Å². The molecule has 2 aliphatic carbocycles. The van der Waals surface area contributed by atoms with Gasteiger partial charge in [0.25, 0.3) is 16.1 Å². The first-order valence-corrected chi connectivity index (χ1v) is 13.6. The summed E-state index contributed by atoms with van der Waals surface area (Å²) >= 11 is 0. The summed E-state index contributed by atoms with van der Waals surface area (Å²) in [5.74, 6) is 1.12. The summed E-state index contributed by atoms with van der Waals surface area (Å²) in [6.07, 6.45) is 7.14. The molecule has 188 valence electrons. The van der Waals surface area contributed by atoms with Gasteiger partial charge < -0.3 is 15.0 Å². The molecule has 37 heavy (non-hydrogen) atoms. The molecule has 2 aliphatic rings. The molecule has 0 amide bonds. The molecule has 2 aromatic heterocycles. The van der Waals surface area contributed by atoms with Crippen LogP contribution in [0.5, 0.6) is 11.6 Å². The molecule has 2 saturated carbocycles. The van der Waals surface area contributed by atoms with Crippen LogP contribution in [-0.2, 0) is 10.2 Å². The van der Waals surface area contributed by atoms with Gasteiger partial charge in [-0.1, -0.05) is 12.1 Å². The molecule has 10 nitrogen and oxygen atoms in total. The molecule has 2 aromatic carbocycles. The standard InChI is InChI=1S/C26H25N7O3S/c27-14-22-26(30-12-11-29-22)36-20-9-10-21-23(13-20)33(19-7-8-19)25(24(21)28)17-3-5-18(6-4-17)32-37(34,35)31-15-16-1-2-16/h3-6,9-13,16,19,31-32H,1-2,7-8,15,28H2. The van der Waals surface area contributed by atoms with Crippen LogP contribution in [0.2, 0.25) is 0 Å². The quantitative estimate of drug-likeness (QED) is 0.300. The van der Waals surface area contributed by atoms with E-state index >= 15 is 0 Å². The Labute approximate surface area is 214 Å². The third-order valence-electron chi connectivity index (χ3n) is 6.58. The second kappa shape index (κ2) is 9.06. The Hall–Kier alpha value is -4.14. The maximum absolute atomic E-state index is 12.3. The summed E-state index contributed by atoms with van der Waals surface area (Å²) in [6.45, 7) is 0.464. The zero-order valence-electron chi connectivity index (χ0n) is 19.9. The number of nitrogens with zero attached hydrogens (tertiary/aromatic N) is 4. The topological polar surface area (TPSA) is 148 Å². The zero-order valence-corrected chi connectivity index (χ0v) is 20.7. The van der Waals surface area contributed by atoms with Gasteiger partial charge in [0.05, 0.1) is 16.9 Å². The highest BCUT2D eigenvalue weighted by molar-refractivity contribution is 7.90. The van der Waals surface area contributed by atoms with Gasteiger partial charge >= 0.3 is 0 Å². The van der Waals surface area contributed by atoms with Crippen molar-refractivity contribution in [3.8, 4) is 29.0 Å². The molecule has 0 unspecified atom stereocenters. The summed E-state index contributed by atoms with van der Waals surface area (Å²) in [5, 5.41) is 10.2. The lowest BCUT2D eigenvalue weighted by Gasteiger charge is -2.13. The number of hydrogen-bond donors (Lipinski definition) is 3. The number of aromatic nitrogens is 3. The van der Waals surface area contributed by atoms with Crippen LogP contribution >= 0.6 is 0 Å². The van der Waals surface area contributed by atoms with Crippen LogP contribution in [0, 0.1) is 17.2 Å². The normalized spacial score (nSPS) is 15.4. The highest BCUT2D eigenvalue weighted by Crippen LogP contribution is 2.47. The van der Waals surface area contributed by atoms with Crippen molar-refractivity contribution >= 4 is 32.5 Å². The second-order valence-corrected chi connectivity index (χ2v) is 10.9.